The molecule has 0 bridgehead atoms. The Labute approximate surface area is 263 Å². The molecule has 0 radical (unpaired) electrons. The van der Waals surface area contributed by atoms with Crippen molar-refractivity contribution in [2.75, 3.05) is 11.4 Å². The number of imide groups is 2. The minimum Gasteiger partial charge on any atom is -0.508 e. The lowest BCUT2D eigenvalue weighted by atomic mass is 9.51. The summed E-state index contributed by atoms with van der Waals surface area (Å²) in [4.78, 5) is 58.9. The van der Waals surface area contributed by atoms with Crippen LogP contribution in [0.2, 0.25) is 0 Å². The zero-order valence-corrected chi connectivity index (χ0v) is 25.6. The molecule has 4 aliphatic rings. The van der Waals surface area contributed by atoms with Gasteiger partial charge in [-0.1, -0.05) is 57.9 Å². The summed E-state index contributed by atoms with van der Waals surface area (Å²) in [5.41, 5.74) is 1.50. The Hall–Kier alpha value is -4.24. The number of hydrogen-bond donors (Lipinski definition) is 2. The summed E-state index contributed by atoms with van der Waals surface area (Å²) in [6.45, 7) is 2.02. The number of benzene rings is 3. The van der Waals surface area contributed by atoms with Crippen molar-refractivity contribution in [3.63, 3.8) is 0 Å². The maximum Gasteiger partial charge on any atom is 0.241 e. The van der Waals surface area contributed by atoms with E-state index in [1.165, 1.54) is 9.80 Å². The summed E-state index contributed by atoms with van der Waals surface area (Å²) >= 11 is 3.52. The quantitative estimate of drug-likeness (QED) is 0.284. The summed E-state index contributed by atoms with van der Waals surface area (Å²) in [6, 6.07) is 20.6. The molecule has 224 valence electrons. The number of para-hydroxylation sites is 1. The number of aromatic hydroxyl groups is 2. The zero-order chi connectivity index (χ0) is 30.9. The Morgan fingerprint density at radius 3 is 2.34 bits per heavy atom. The molecule has 2 N–H and O–H groups in total. The van der Waals surface area contributed by atoms with Crippen molar-refractivity contribution in [2.24, 2.45) is 29.1 Å². The SMILES string of the molecule is C[C@@]12C(=O)N(c3ccccc3)C(=O)[C@@H]1C[C@@H]1C(=CC[C@@H]3C(=O)N(CCc4ccc(O)cc4)C(=O)[C@@H]31)[C@@H]2c1cc(Br)ccc1O. The molecule has 44 heavy (non-hydrogen) atoms. The molecule has 0 spiro atoms. The second kappa shape index (κ2) is 10.4. The normalized spacial score (nSPS) is 29.4. The van der Waals surface area contributed by atoms with Gasteiger partial charge in [-0.3, -0.25) is 24.1 Å². The highest BCUT2D eigenvalue weighted by molar-refractivity contribution is 9.10. The first-order valence-corrected chi connectivity index (χ1v) is 15.7. The fraction of sp³-hybridized carbons (Fsp3) is 0.314. The van der Waals surface area contributed by atoms with E-state index in [0.29, 0.717) is 28.6 Å². The molecule has 8 nitrogen and oxygen atoms in total. The molecule has 9 heteroatoms. The summed E-state index contributed by atoms with van der Waals surface area (Å²) in [5.74, 6) is -4.07. The number of halogens is 1. The third-order valence-corrected chi connectivity index (χ3v) is 10.7. The lowest BCUT2D eigenvalue weighted by molar-refractivity contribution is -0.140. The second-order valence-electron chi connectivity index (χ2n) is 12.4. The number of carbonyl (C=O) groups is 4. The predicted octanol–water partition coefficient (Wildman–Crippen LogP) is 5.33. The number of phenolic OH excluding ortho intramolecular Hbond substituents is 2. The third-order valence-electron chi connectivity index (χ3n) is 10.2. The monoisotopic (exact) mass is 654 g/mol. The van der Waals surface area contributed by atoms with Crippen molar-refractivity contribution in [3.8, 4) is 11.5 Å². The lowest BCUT2D eigenvalue weighted by Crippen LogP contribution is -2.49. The van der Waals surface area contributed by atoms with Gasteiger partial charge >= 0.3 is 0 Å². The number of hydrogen-bond acceptors (Lipinski definition) is 6. The van der Waals surface area contributed by atoms with Crippen molar-refractivity contribution >= 4 is 45.2 Å². The first kappa shape index (κ1) is 28.5. The van der Waals surface area contributed by atoms with E-state index in [1.807, 2.05) is 12.1 Å². The third kappa shape index (κ3) is 4.16. The summed E-state index contributed by atoms with van der Waals surface area (Å²) in [6.07, 6.45) is 3.03. The van der Waals surface area contributed by atoms with Gasteiger partial charge in [-0.05, 0) is 80.1 Å². The van der Waals surface area contributed by atoms with Gasteiger partial charge in [0, 0.05) is 22.5 Å². The topological polar surface area (TPSA) is 115 Å². The van der Waals surface area contributed by atoms with E-state index < -0.39 is 35.0 Å². The number of likely N-dealkylation sites (tertiary alicyclic amines) is 1. The van der Waals surface area contributed by atoms with Crippen molar-refractivity contribution < 1.29 is 29.4 Å². The molecule has 4 amide bonds. The molecule has 6 atom stereocenters. The van der Waals surface area contributed by atoms with Gasteiger partial charge in [-0.25, -0.2) is 4.90 Å². The van der Waals surface area contributed by atoms with Crippen LogP contribution in [-0.2, 0) is 25.6 Å². The number of amides is 4. The van der Waals surface area contributed by atoms with E-state index in [9.17, 15) is 29.4 Å². The first-order valence-electron chi connectivity index (χ1n) is 14.9. The second-order valence-corrected chi connectivity index (χ2v) is 13.4. The number of anilines is 1. The van der Waals surface area contributed by atoms with Crippen LogP contribution >= 0.6 is 15.9 Å². The Morgan fingerprint density at radius 1 is 0.886 bits per heavy atom. The largest absolute Gasteiger partial charge is 0.508 e. The molecule has 3 aromatic carbocycles. The van der Waals surface area contributed by atoms with Gasteiger partial charge in [0.05, 0.1) is 28.9 Å². The van der Waals surface area contributed by atoms with Crippen LogP contribution in [0.25, 0.3) is 0 Å². The smallest absolute Gasteiger partial charge is 0.241 e. The summed E-state index contributed by atoms with van der Waals surface area (Å²) in [7, 11) is 0. The van der Waals surface area contributed by atoms with Crippen LogP contribution in [0.15, 0.2) is 88.9 Å². The Morgan fingerprint density at radius 2 is 1.61 bits per heavy atom. The maximum absolute atomic E-state index is 14.4. The van der Waals surface area contributed by atoms with E-state index in [2.05, 4.69) is 15.9 Å². The molecular formula is C35H31BrN2O6. The Kier molecular flexibility index (Phi) is 6.77. The Bertz CT molecular complexity index is 1740. The molecular weight excluding hydrogens is 624 g/mol. The highest BCUT2D eigenvalue weighted by Crippen LogP contribution is 2.64. The van der Waals surface area contributed by atoms with E-state index in [-0.39, 0.29) is 48.1 Å². The van der Waals surface area contributed by atoms with Crippen LogP contribution in [0.5, 0.6) is 11.5 Å². The van der Waals surface area contributed by atoms with E-state index in [1.54, 1.807) is 73.7 Å². The molecule has 2 heterocycles. The lowest BCUT2D eigenvalue weighted by Gasteiger charge is -2.49. The molecule has 2 aliphatic heterocycles. The molecule has 0 aromatic heterocycles. The van der Waals surface area contributed by atoms with E-state index in [0.717, 1.165) is 11.1 Å². The standard InChI is InChI=1S/C35H31BrN2O6/c1-35-27(32(42)38(34(35)44)21-5-3-2-4-6-21)18-25-23(30(35)26-17-20(36)9-14-28(26)40)12-13-24-29(25)33(43)37(31(24)41)16-15-19-7-10-22(39)11-8-19/h2-12,14,17,24-25,27,29-30,39-40H,13,15-16,18H2,1H3/t24-,25+,27-,29-,30+,35+/m0/s1. The van der Waals surface area contributed by atoms with Crippen molar-refractivity contribution in [2.45, 2.75) is 32.1 Å². The van der Waals surface area contributed by atoms with E-state index in [4.69, 9.17) is 0 Å². The molecule has 0 unspecified atom stereocenters. The van der Waals surface area contributed by atoms with Gasteiger partial charge in [-0.2, -0.15) is 0 Å². The first-order chi connectivity index (χ1) is 21.1. The average molecular weight is 656 g/mol. The number of carbonyl (C=O) groups excluding carboxylic acids is 4. The molecule has 3 aromatic rings. The zero-order valence-electron chi connectivity index (χ0n) is 24.0. The summed E-state index contributed by atoms with van der Waals surface area (Å²) in [5, 5.41) is 20.8. The van der Waals surface area contributed by atoms with Gasteiger partial charge in [0.25, 0.3) is 0 Å². The van der Waals surface area contributed by atoms with E-state index >= 15 is 0 Å². The predicted molar refractivity (Wildman–Crippen MR) is 165 cm³/mol. The highest BCUT2D eigenvalue weighted by atomic mass is 79.9. The van der Waals surface area contributed by atoms with Crippen LogP contribution in [-0.4, -0.2) is 45.3 Å². The van der Waals surface area contributed by atoms with Crippen LogP contribution in [0.1, 0.15) is 36.8 Å². The molecule has 1 saturated carbocycles. The molecule has 3 fully saturated rings. The molecule has 2 aliphatic carbocycles. The van der Waals surface area contributed by atoms with Crippen LogP contribution in [0.3, 0.4) is 0 Å². The van der Waals surface area contributed by atoms with Gasteiger partial charge < -0.3 is 10.2 Å². The number of phenols is 2. The van der Waals surface area contributed by atoms with Gasteiger partial charge in [0.1, 0.15) is 11.5 Å². The summed E-state index contributed by atoms with van der Waals surface area (Å²) < 4.78 is 0.714. The van der Waals surface area contributed by atoms with Crippen molar-refractivity contribution in [1.29, 1.82) is 0 Å². The molecule has 7 rings (SSSR count). The fourth-order valence-electron chi connectivity index (χ4n) is 8.13. The number of fused-ring (bicyclic) bond motifs is 4. The van der Waals surface area contributed by atoms with Crippen LogP contribution in [0, 0.1) is 29.1 Å². The van der Waals surface area contributed by atoms with Gasteiger partial charge in [-0.15, -0.1) is 0 Å². The number of nitrogens with zero attached hydrogens (tertiary/aromatic N) is 2. The number of allylic oxidation sites excluding steroid dienone is 2. The minimum absolute atomic E-state index is 0.00427. The fourth-order valence-corrected chi connectivity index (χ4v) is 8.51. The van der Waals surface area contributed by atoms with Crippen molar-refractivity contribution in [3.05, 3.63) is 100 Å². The van der Waals surface area contributed by atoms with Crippen molar-refractivity contribution in [1.82, 2.24) is 4.90 Å². The number of rotatable bonds is 5. The Balaban J connectivity index is 1.30. The minimum atomic E-state index is -1.22. The molecule has 2 saturated heterocycles. The van der Waals surface area contributed by atoms with Gasteiger partial charge in [0.2, 0.25) is 23.6 Å². The average Bonchev–Trinajstić information content (AvgIpc) is 3.38. The maximum atomic E-state index is 14.4. The van der Waals surface area contributed by atoms with Crippen LogP contribution in [0.4, 0.5) is 5.69 Å². The van der Waals surface area contributed by atoms with Crippen LogP contribution < -0.4 is 4.90 Å². The van der Waals surface area contributed by atoms with Gasteiger partial charge in [0.15, 0.2) is 0 Å². The highest BCUT2D eigenvalue weighted by Gasteiger charge is 2.67.